The minimum Gasteiger partial charge on any atom is -0.506 e. The number of rotatable bonds is 5. The van der Waals surface area contributed by atoms with E-state index in [2.05, 4.69) is 21.2 Å². The lowest BCUT2D eigenvalue weighted by Gasteiger charge is -2.09. The summed E-state index contributed by atoms with van der Waals surface area (Å²) in [6, 6.07) is 13.0. The van der Waals surface area contributed by atoms with Crippen molar-refractivity contribution in [1.82, 2.24) is 0 Å². The third-order valence-corrected chi connectivity index (χ3v) is 3.53. The molecule has 0 heterocycles. The molecule has 0 saturated carbocycles. The van der Waals surface area contributed by atoms with Crippen LogP contribution in [0.1, 0.15) is 11.1 Å². The summed E-state index contributed by atoms with van der Waals surface area (Å²) in [5.41, 5.74) is 7.74. The molecule has 0 aliphatic carbocycles. The van der Waals surface area contributed by atoms with E-state index >= 15 is 0 Å². The Morgan fingerprint density at radius 2 is 1.90 bits per heavy atom. The Morgan fingerprint density at radius 3 is 2.55 bits per heavy atom. The Balaban J connectivity index is 2.00. The summed E-state index contributed by atoms with van der Waals surface area (Å²) in [5.74, 6) is -0.102. The molecule has 2 rings (SSSR count). The third kappa shape index (κ3) is 3.74. The van der Waals surface area contributed by atoms with Crippen molar-refractivity contribution in [2.24, 2.45) is 5.73 Å². The molecule has 0 aliphatic heterocycles. The number of anilines is 1. The molecule has 4 nitrogen and oxygen atoms in total. The summed E-state index contributed by atoms with van der Waals surface area (Å²) in [6.07, 6.45) is 0.243. The van der Waals surface area contributed by atoms with Gasteiger partial charge in [0.2, 0.25) is 5.91 Å². The Labute approximate surface area is 125 Å². The van der Waals surface area contributed by atoms with E-state index < -0.39 is 0 Å². The van der Waals surface area contributed by atoms with Gasteiger partial charge in [0.25, 0.3) is 0 Å². The van der Waals surface area contributed by atoms with Gasteiger partial charge in [-0.25, -0.2) is 0 Å². The summed E-state index contributed by atoms with van der Waals surface area (Å²) >= 11 is 3.28. The molecular formula is C15H15BrN2O2. The van der Waals surface area contributed by atoms with Gasteiger partial charge in [-0.3, -0.25) is 4.79 Å². The molecule has 0 fully saturated rings. The smallest absolute Gasteiger partial charge is 0.221 e. The van der Waals surface area contributed by atoms with Crippen molar-refractivity contribution in [1.29, 1.82) is 0 Å². The zero-order valence-corrected chi connectivity index (χ0v) is 12.4. The van der Waals surface area contributed by atoms with Gasteiger partial charge in [-0.15, -0.1) is 0 Å². The van der Waals surface area contributed by atoms with Crippen LogP contribution >= 0.6 is 15.9 Å². The van der Waals surface area contributed by atoms with Gasteiger partial charge < -0.3 is 16.2 Å². The van der Waals surface area contributed by atoms with E-state index in [-0.39, 0.29) is 18.1 Å². The minimum absolute atomic E-state index is 0.241. The van der Waals surface area contributed by atoms with Crippen LogP contribution in [0.25, 0.3) is 0 Å². The maximum atomic E-state index is 10.8. The van der Waals surface area contributed by atoms with Crippen molar-refractivity contribution >= 4 is 27.5 Å². The van der Waals surface area contributed by atoms with Crippen LogP contribution in [-0.4, -0.2) is 11.0 Å². The van der Waals surface area contributed by atoms with E-state index in [0.29, 0.717) is 11.0 Å². The van der Waals surface area contributed by atoms with Gasteiger partial charge in [0.05, 0.1) is 10.9 Å². The SMILES string of the molecule is NC(=O)Cc1ccc(NCc2cccc(Br)c2O)cc1. The van der Waals surface area contributed by atoms with Crippen LogP contribution in [0.4, 0.5) is 5.69 Å². The van der Waals surface area contributed by atoms with Gasteiger partial charge in [-0.05, 0) is 39.7 Å². The van der Waals surface area contributed by atoms with E-state index in [1.165, 1.54) is 0 Å². The lowest BCUT2D eigenvalue weighted by molar-refractivity contribution is -0.117. The van der Waals surface area contributed by atoms with E-state index in [4.69, 9.17) is 5.73 Å². The quantitative estimate of drug-likeness (QED) is 0.786. The largest absolute Gasteiger partial charge is 0.506 e. The molecule has 20 heavy (non-hydrogen) atoms. The highest BCUT2D eigenvalue weighted by molar-refractivity contribution is 9.10. The molecule has 0 spiro atoms. The maximum absolute atomic E-state index is 10.8. The molecule has 4 N–H and O–H groups in total. The summed E-state index contributed by atoms with van der Waals surface area (Å²) < 4.78 is 0.675. The fourth-order valence-corrected chi connectivity index (χ4v) is 2.25. The number of nitrogens with one attached hydrogen (secondary N) is 1. The molecular weight excluding hydrogens is 320 g/mol. The number of halogens is 1. The predicted molar refractivity (Wildman–Crippen MR) is 82.5 cm³/mol. The fraction of sp³-hybridized carbons (Fsp3) is 0.133. The second kappa shape index (κ2) is 6.43. The number of amides is 1. The molecule has 0 aromatic heterocycles. The highest BCUT2D eigenvalue weighted by Crippen LogP contribution is 2.27. The first kappa shape index (κ1) is 14.4. The first-order chi connectivity index (χ1) is 9.56. The Morgan fingerprint density at radius 1 is 1.20 bits per heavy atom. The van der Waals surface area contributed by atoms with Gasteiger partial charge >= 0.3 is 0 Å². The van der Waals surface area contributed by atoms with Crippen LogP contribution in [0.15, 0.2) is 46.9 Å². The Bertz CT molecular complexity index is 612. The number of nitrogens with two attached hydrogens (primary N) is 1. The number of carbonyl (C=O) groups is 1. The fourth-order valence-electron chi connectivity index (χ4n) is 1.84. The van der Waals surface area contributed by atoms with Crippen molar-refractivity contribution in [3.05, 3.63) is 58.1 Å². The van der Waals surface area contributed by atoms with Crippen molar-refractivity contribution in [2.75, 3.05) is 5.32 Å². The molecule has 0 bridgehead atoms. The lowest BCUT2D eigenvalue weighted by atomic mass is 10.1. The predicted octanol–water partition coefficient (Wildman–Crippen LogP) is 2.79. The number of para-hydroxylation sites is 1. The molecule has 104 valence electrons. The Kier molecular flexibility index (Phi) is 4.63. The molecule has 0 aliphatic rings. The van der Waals surface area contributed by atoms with E-state index in [9.17, 15) is 9.90 Å². The third-order valence-electron chi connectivity index (χ3n) is 2.89. The molecule has 2 aromatic carbocycles. The van der Waals surface area contributed by atoms with Crippen LogP contribution < -0.4 is 11.1 Å². The number of primary amides is 1. The number of benzene rings is 2. The van der Waals surface area contributed by atoms with E-state index in [1.54, 1.807) is 6.07 Å². The Hall–Kier alpha value is -2.01. The second-order valence-electron chi connectivity index (χ2n) is 4.44. The zero-order valence-electron chi connectivity index (χ0n) is 10.8. The average Bonchev–Trinajstić information content (AvgIpc) is 2.41. The average molecular weight is 335 g/mol. The monoisotopic (exact) mass is 334 g/mol. The number of phenols is 1. The summed E-state index contributed by atoms with van der Waals surface area (Å²) in [4.78, 5) is 10.8. The van der Waals surface area contributed by atoms with Gasteiger partial charge in [-0.2, -0.15) is 0 Å². The molecule has 1 amide bonds. The highest BCUT2D eigenvalue weighted by atomic mass is 79.9. The summed E-state index contributed by atoms with van der Waals surface area (Å²) in [6.45, 7) is 0.514. The first-order valence-corrected chi connectivity index (χ1v) is 6.93. The van der Waals surface area contributed by atoms with Gasteiger partial charge in [-0.1, -0.05) is 24.3 Å². The van der Waals surface area contributed by atoms with Crippen molar-refractivity contribution in [3.63, 3.8) is 0 Å². The molecule has 0 atom stereocenters. The van der Waals surface area contributed by atoms with E-state index in [0.717, 1.165) is 16.8 Å². The molecule has 0 unspecified atom stereocenters. The number of phenolic OH excluding ortho intramolecular Hbond substituents is 1. The van der Waals surface area contributed by atoms with Crippen LogP contribution in [-0.2, 0) is 17.8 Å². The van der Waals surface area contributed by atoms with Crippen molar-refractivity contribution in [3.8, 4) is 5.75 Å². The second-order valence-corrected chi connectivity index (χ2v) is 5.30. The van der Waals surface area contributed by atoms with Crippen LogP contribution in [0.5, 0.6) is 5.75 Å². The molecule has 0 radical (unpaired) electrons. The van der Waals surface area contributed by atoms with Gasteiger partial charge in [0, 0.05) is 17.8 Å². The molecule has 0 saturated heterocycles. The maximum Gasteiger partial charge on any atom is 0.221 e. The number of hydrogen-bond acceptors (Lipinski definition) is 3. The van der Waals surface area contributed by atoms with Gasteiger partial charge in [0.1, 0.15) is 5.75 Å². The summed E-state index contributed by atoms with van der Waals surface area (Å²) in [7, 11) is 0. The normalized spacial score (nSPS) is 10.2. The highest BCUT2D eigenvalue weighted by Gasteiger charge is 2.04. The van der Waals surface area contributed by atoms with Crippen LogP contribution in [0.3, 0.4) is 0 Å². The number of aromatic hydroxyl groups is 1. The van der Waals surface area contributed by atoms with Crippen molar-refractivity contribution < 1.29 is 9.90 Å². The first-order valence-electron chi connectivity index (χ1n) is 6.13. The number of hydrogen-bond donors (Lipinski definition) is 3. The molecule has 5 heteroatoms. The standard InChI is InChI=1S/C15H15BrN2O2/c16-13-3-1-2-11(15(13)20)9-18-12-6-4-10(5-7-12)8-14(17)19/h1-7,18,20H,8-9H2,(H2,17,19). The van der Waals surface area contributed by atoms with E-state index in [1.807, 2.05) is 36.4 Å². The van der Waals surface area contributed by atoms with Crippen LogP contribution in [0, 0.1) is 0 Å². The molecule has 2 aromatic rings. The summed E-state index contributed by atoms with van der Waals surface area (Å²) in [5, 5.41) is 13.1. The zero-order chi connectivity index (χ0) is 14.5. The lowest BCUT2D eigenvalue weighted by Crippen LogP contribution is -2.13. The van der Waals surface area contributed by atoms with Crippen molar-refractivity contribution in [2.45, 2.75) is 13.0 Å². The minimum atomic E-state index is -0.343. The van der Waals surface area contributed by atoms with Gasteiger partial charge in [0.15, 0.2) is 0 Å². The van der Waals surface area contributed by atoms with Crippen LogP contribution in [0.2, 0.25) is 0 Å². The topological polar surface area (TPSA) is 75.4 Å². The number of carbonyl (C=O) groups excluding carboxylic acids is 1.